The van der Waals surface area contributed by atoms with Crippen molar-refractivity contribution in [3.8, 4) is 5.75 Å². The Kier molecular flexibility index (Phi) is 4.78. The fourth-order valence-electron chi connectivity index (χ4n) is 3.63. The van der Waals surface area contributed by atoms with Crippen LogP contribution in [0.2, 0.25) is 0 Å². The van der Waals surface area contributed by atoms with Crippen LogP contribution < -0.4 is 4.74 Å². The summed E-state index contributed by atoms with van der Waals surface area (Å²) in [5.74, 6) is 0.901. The summed E-state index contributed by atoms with van der Waals surface area (Å²) in [5.41, 5.74) is 1.68. The summed E-state index contributed by atoms with van der Waals surface area (Å²) in [4.78, 5) is 14.5. The highest BCUT2D eigenvalue weighted by Gasteiger charge is 2.53. The Morgan fingerprint density at radius 3 is 2.70 bits per heavy atom. The lowest BCUT2D eigenvalue weighted by atomic mass is 9.87. The molecule has 0 N–H and O–H groups in total. The van der Waals surface area contributed by atoms with Crippen LogP contribution in [0.15, 0.2) is 35.9 Å². The van der Waals surface area contributed by atoms with Crippen LogP contribution in [0.4, 0.5) is 0 Å². The van der Waals surface area contributed by atoms with Crippen molar-refractivity contribution in [2.24, 2.45) is 0 Å². The highest BCUT2D eigenvalue weighted by Crippen LogP contribution is 2.46. The van der Waals surface area contributed by atoms with E-state index in [0.717, 1.165) is 37.0 Å². The van der Waals surface area contributed by atoms with Crippen LogP contribution in [0.3, 0.4) is 0 Å². The summed E-state index contributed by atoms with van der Waals surface area (Å²) in [6.45, 7) is 0.640. The predicted molar refractivity (Wildman–Crippen MR) is 92.8 cm³/mol. The first-order chi connectivity index (χ1) is 11.1. The lowest BCUT2D eigenvalue weighted by Crippen LogP contribution is -2.57. The molecule has 1 amide bonds. The molecule has 4 nitrogen and oxygen atoms in total. The van der Waals surface area contributed by atoms with Crippen molar-refractivity contribution in [1.29, 1.82) is 0 Å². The van der Waals surface area contributed by atoms with Crippen LogP contribution in [-0.4, -0.2) is 42.1 Å². The SMILES string of the molecule is COc1ccc(CCN2C(=O)C=C3CCC[C@H](Br)[C@@]32OC)cc1. The normalized spacial score (nSPS) is 26.9. The number of carbonyl (C=O) groups is 1. The highest BCUT2D eigenvalue weighted by molar-refractivity contribution is 9.09. The van der Waals surface area contributed by atoms with Gasteiger partial charge in [-0.2, -0.15) is 0 Å². The molecule has 1 saturated carbocycles. The third-order valence-electron chi connectivity index (χ3n) is 4.85. The minimum Gasteiger partial charge on any atom is -0.497 e. The van der Waals surface area contributed by atoms with Gasteiger partial charge in [0.15, 0.2) is 5.72 Å². The number of benzene rings is 1. The third-order valence-corrected chi connectivity index (χ3v) is 5.93. The van der Waals surface area contributed by atoms with E-state index in [2.05, 4.69) is 15.9 Å². The Labute approximate surface area is 145 Å². The van der Waals surface area contributed by atoms with Crippen LogP contribution in [0, 0.1) is 0 Å². The number of amides is 1. The minimum absolute atomic E-state index is 0.0571. The Bertz CT molecular complexity index is 613. The largest absolute Gasteiger partial charge is 0.497 e. The molecule has 1 aliphatic heterocycles. The van der Waals surface area contributed by atoms with Gasteiger partial charge >= 0.3 is 0 Å². The quantitative estimate of drug-likeness (QED) is 0.736. The smallest absolute Gasteiger partial charge is 0.249 e. The molecule has 0 radical (unpaired) electrons. The summed E-state index contributed by atoms with van der Waals surface area (Å²) in [5, 5.41) is 0. The molecule has 124 valence electrons. The lowest BCUT2D eigenvalue weighted by Gasteiger charge is -2.45. The van der Waals surface area contributed by atoms with E-state index in [1.54, 1.807) is 20.3 Å². The van der Waals surface area contributed by atoms with Crippen LogP contribution >= 0.6 is 15.9 Å². The second-order valence-electron chi connectivity index (χ2n) is 6.02. The maximum atomic E-state index is 12.5. The molecule has 1 aromatic carbocycles. The van der Waals surface area contributed by atoms with Gasteiger partial charge in [0.2, 0.25) is 5.91 Å². The summed E-state index contributed by atoms with van der Waals surface area (Å²) < 4.78 is 11.1. The molecule has 0 bridgehead atoms. The number of fused-ring (bicyclic) bond motifs is 1. The van der Waals surface area contributed by atoms with Crippen LogP contribution in [-0.2, 0) is 16.0 Å². The van der Waals surface area contributed by atoms with Gasteiger partial charge in [0.05, 0.1) is 11.9 Å². The Hall–Kier alpha value is -1.33. The van der Waals surface area contributed by atoms with Crippen molar-refractivity contribution >= 4 is 21.8 Å². The van der Waals surface area contributed by atoms with E-state index in [0.29, 0.717) is 6.54 Å². The molecule has 5 heteroatoms. The van der Waals surface area contributed by atoms with E-state index < -0.39 is 5.72 Å². The first-order valence-electron chi connectivity index (χ1n) is 7.96. The Morgan fingerprint density at radius 1 is 1.30 bits per heavy atom. The number of carbonyl (C=O) groups excluding carboxylic acids is 1. The Balaban J connectivity index is 1.77. The van der Waals surface area contributed by atoms with Crippen molar-refractivity contribution in [3.63, 3.8) is 0 Å². The molecular weight excluding hydrogens is 358 g/mol. The van der Waals surface area contributed by atoms with Gasteiger partial charge < -0.3 is 14.4 Å². The number of ether oxygens (including phenoxy) is 2. The lowest BCUT2D eigenvalue weighted by molar-refractivity contribution is -0.149. The first kappa shape index (κ1) is 16.5. The molecule has 0 aromatic heterocycles. The number of rotatable bonds is 5. The second-order valence-corrected chi connectivity index (χ2v) is 7.12. The van der Waals surface area contributed by atoms with Gasteiger partial charge in [-0.25, -0.2) is 0 Å². The average molecular weight is 380 g/mol. The summed E-state index contributed by atoms with van der Waals surface area (Å²) >= 11 is 3.75. The number of methoxy groups -OCH3 is 2. The van der Waals surface area contributed by atoms with Crippen molar-refractivity contribution in [2.75, 3.05) is 20.8 Å². The van der Waals surface area contributed by atoms with Crippen molar-refractivity contribution in [3.05, 3.63) is 41.5 Å². The third kappa shape index (κ3) is 2.81. The van der Waals surface area contributed by atoms with E-state index in [1.807, 2.05) is 29.2 Å². The topological polar surface area (TPSA) is 38.8 Å². The molecule has 0 spiro atoms. The van der Waals surface area contributed by atoms with E-state index in [4.69, 9.17) is 9.47 Å². The molecule has 0 saturated heterocycles. The molecule has 1 fully saturated rings. The molecule has 0 unspecified atom stereocenters. The van der Waals surface area contributed by atoms with Crippen LogP contribution in [0.25, 0.3) is 0 Å². The van der Waals surface area contributed by atoms with Gasteiger partial charge in [-0.05, 0) is 49.0 Å². The number of nitrogens with zero attached hydrogens (tertiary/aromatic N) is 1. The number of hydrogen-bond donors (Lipinski definition) is 0. The van der Waals surface area contributed by atoms with Gasteiger partial charge in [-0.15, -0.1) is 0 Å². The molecule has 1 heterocycles. The van der Waals surface area contributed by atoms with E-state index in [9.17, 15) is 4.79 Å². The highest BCUT2D eigenvalue weighted by atomic mass is 79.9. The zero-order valence-corrected chi connectivity index (χ0v) is 15.1. The molecule has 23 heavy (non-hydrogen) atoms. The van der Waals surface area contributed by atoms with E-state index in [-0.39, 0.29) is 10.7 Å². The fourth-order valence-corrected chi connectivity index (χ4v) is 4.69. The maximum absolute atomic E-state index is 12.5. The number of halogens is 1. The zero-order chi connectivity index (χ0) is 16.4. The number of alkyl halides is 1. The van der Waals surface area contributed by atoms with Crippen molar-refractivity contribution in [2.45, 2.75) is 36.2 Å². The summed E-state index contributed by atoms with van der Waals surface area (Å²) in [7, 11) is 3.36. The average Bonchev–Trinajstić information content (AvgIpc) is 2.86. The van der Waals surface area contributed by atoms with Gasteiger partial charge in [0.25, 0.3) is 0 Å². The molecule has 2 aliphatic rings. The van der Waals surface area contributed by atoms with Gasteiger partial charge in [0, 0.05) is 19.7 Å². The van der Waals surface area contributed by atoms with E-state index >= 15 is 0 Å². The fraction of sp³-hybridized carbons (Fsp3) is 0.500. The predicted octanol–water partition coefficient (Wildman–Crippen LogP) is 3.30. The molecule has 1 aromatic rings. The van der Waals surface area contributed by atoms with E-state index in [1.165, 1.54) is 5.56 Å². The monoisotopic (exact) mass is 379 g/mol. The minimum atomic E-state index is -0.609. The molecule has 3 rings (SSSR count). The van der Waals surface area contributed by atoms with Crippen molar-refractivity contribution < 1.29 is 14.3 Å². The molecule has 1 aliphatic carbocycles. The first-order valence-corrected chi connectivity index (χ1v) is 8.88. The zero-order valence-electron chi connectivity index (χ0n) is 13.5. The van der Waals surface area contributed by atoms with Crippen LogP contribution in [0.5, 0.6) is 5.75 Å². The number of hydrogen-bond acceptors (Lipinski definition) is 3. The van der Waals surface area contributed by atoms with Crippen LogP contribution in [0.1, 0.15) is 24.8 Å². The van der Waals surface area contributed by atoms with Crippen molar-refractivity contribution in [1.82, 2.24) is 4.90 Å². The summed E-state index contributed by atoms with van der Waals surface area (Å²) in [6, 6.07) is 7.98. The standard InChI is InChI=1S/C18H22BrNO3/c1-22-15-8-6-13(7-9-15)10-11-20-17(21)12-14-4-3-5-16(19)18(14,20)23-2/h6-9,12,16H,3-5,10-11H2,1-2H3/t16-,18-/m0/s1. The molecular formula is C18H22BrNO3. The maximum Gasteiger partial charge on any atom is 0.249 e. The van der Waals surface area contributed by atoms with Gasteiger partial charge in [-0.1, -0.05) is 28.1 Å². The van der Waals surface area contributed by atoms with Gasteiger partial charge in [-0.3, -0.25) is 4.79 Å². The summed E-state index contributed by atoms with van der Waals surface area (Å²) in [6.07, 6.45) is 5.59. The second kappa shape index (κ2) is 6.65. The Morgan fingerprint density at radius 2 is 2.04 bits per heavy atom. The van der Waals surface area contributed by atoms with Gasteiger partial charge in [0.1, 0.15) is 5.75 Å². The molecule has 2 atom stereocenters.